The predicted octanol–water partition coefficient (Wildman–Crippen LogP) is 5.66. The van der Waals surface area contributed by atoms with Gasteiger partial charge in [-0.25, -0.2) is 4.98 Å². The smallest absolute Gasteiger partial charge is 0.261 e. The van der Waals surface area contributed by atoms with E-state index >= 15 is 0 Å². The van der Waals surface area contributed by atoms with Crippen molar-refractivity contribution in [1.82, 2.24) is 10.3 Å². The number of nitrogens with zero attached hydrogens (tertiary/aromatic N) is 1. The standard InChI is InChI=1S/C20H21ClN2OS/c1-11-6-5-9-15(12(11)2)23-20(24)17-10-14-18(25-17)13-7-3-4-8-16(13)22-19(14)21/h3-4,7-8,10-12,15H,5-6,9H2,1-2H3,(H,23,24)/t11-,12+,15-/m1/s1. The summed E-state index contributed by atoms with van der Waals surface area (Å²) < 4.78 is 1.03. The zero-order valence-corrected chi connectivity index (χ0v) is 16.0. The van der Waals surface area contributed by atoms with Crippen molar-refractivity contribution in [3.8, 4) is 0 Å². The quantitative estimate of drug-likeness (QED) is 0.590. The Labute approximate surface area is 156 Å². The number of aromatic nitrogens is 1. The summed E-state index contributed by atoms with van der Waals surface area (Å²) in [5.74, 6) is 1.18. The molecule has 3 atom stereocenters. The van der Waals surface area contributed by atoms with Gasteiger partial charge in [-0.3, -0.25) is 4.79 Å². The summed E-state index contributed by atoms with van der Waals surface area (Å²) in [5, 5.41) is 5.62. The molecule has 0 bridgehead atoms. The maximum Gasteiger partial charge on any atom is 0.261 e. The number of pyridine rings is 1. The Kier molecular flexibility index (Phi) is 4.42. The van der Waals surface area contributed by atoms with E-state index in [4.69, 9.17) is 11.6 Å². The number of benzene rings is 1. The second-order valence-electron chi connectivity index (χ2n) is 7.12. The zero-order valence-electron chi connectivity index (χ0n) is 14.4. The van der Waals surface area contributed by atoms with Crippen LogP contribution >= 0.6 is 22.9 Å². The van der Waals surface area contributed by atoms with Crippen molar-refractivity contribution in [3.63, 3.8) is 0 Å². The first-order valence-electron chi connectivity index (χ1n) is 8.83. The molecule has 25 heavy (non-hydrogen) atoms. The second-order valence-corrected chi connectivity index (χ2v) is 8.53. The molecule has 1 N–H and O–H groups in total. The normalized spacial score (nSPS) is 23.9. The molecule has 3 aromatic rings. The van der Waals surface area contributed by atoms with Gasteiger partial charge in [-0.1, -0.05) is 56.5 Å². The van der Waals surface area contributed by atoms with Crippen LogP contribution < -0.4 is 5.32 Å². The maximum absolute atomic E-state index is 12.8. The minimum Gasteiger partial charge on any atom is -0.348 e. The van der Waals surface area contributed by atoms with E-state index in [1.54, 1.807) is 0 Å². The maximum atomic E-state index is 12.8. The number of para-hydroxylation sites is 1. The monoisotopic (exact) mass is 372 g/mol. The number of hydrogen-bond acceptors (Lipinski definition) is 3. The van der Waals surface area contributed by atoms with Crippen molar-refractivity contribution < 1.29 is 4.79 Å². The fourth-order valence-electron chi connectivity index (χ4n) is 3.81. The van der Waals surface area contributed by atoms with Gasteiger partial charge < -0.3 is 5.32 Å². The second kappa shape index (κ2) is 6.58. The minimum absolute atomic E-state index is 0.00676. The molecule has 0 spiro atoms. The summed E-state index contributed by atoms with van der Waals surface area (Å²) in [6, 6.07) is 10.1. The fourth-order valence-corrected chi connectivity index (χ4v) is 5.20. The van der Waals surface area contributed by atoms with Crippen LogP contribution in [0, 0.1) is 11.8 Å². The zero-order chi connectivity index (χ0) is 17.6. The molecule has 0 unspecified atom stereocenters. The summed E-state index contributed by atoms with van der Waals surface area (Å²) >= 11 is 7.86. The topological polar surface area (TPSA) is 42.0 Å². The lowest BCUT2D eigenvalue weighted by molar-refractivity contribution is 0.0895. The lowest BCUT2D eigenvalue weighted by Gasteiger charge is -2.34. The van der Waals surface area contributed by atoms with Crippen LogP contribution in [-0.4, -0.2) is 16.9 Å². The van der Waals surface area contributed by atoms with Crippen molar-refractivity contribution in [3.05, 3.63) is 40.4 Å². The number of carbonyl (C=O) groups is 1. The molecule has 5 heteroatoms. The number of amides is 1. The molecule has 130 valence electrons. The van der Waals surface area contributed by atoms with E-state index in [9.17, 15) is 4.79 Å². The third kappa shape index (κ3) is 3.02. The molecule has 2 heterocycles. The summed E-state index contributed by atoms with van der Waals surface area (Å²) in [7, 11) is 0. The van der Waals surface area contributed by atoms with Gasteiger partial charge in [-0.2, -0.15) is 0 Å². The van der Waals surface area contributed by atoms with Gasteiger partial charge in [0.15, 0.2) is 0 Å². The van der Waals surface area contributed by atoms with Crippen molar-refractivity contribution in [2.24, 2.45) is 11.8 Å². The molecule has 3 nitrogen and oxygen atoms in total. The van der Waals surface area contributed by atoms with E-state index in [1.165, 1.54) is 24.2 Å². The van der Waals surface area contributed by atoms with Gasteiger partial charge in [-0.05, 0) is 30.4 Å². The van der Waals surface area contributed by atoms with Crippen LogP contribution in [-0.2, 0) is 0 Å². The summed E-state index contributed by atoms with van der Waals surface area (Å²) in [4.78, 5) is 18.0. The number of rotatable bonds is 2. The van der Waals surface area contributed by atoms with Gasteiger partial charge in [0.05, 0.1) is 10.4 Å². The van der Waals surface area contributed by atoms with E-state index in [2.05, 4.69) is 24.1 Å². The van der Waals surface area contributed by atoms with E-state index < -0.39 is 0 Å². The Bertz CT molecular complexity index is 951. The summed E-state index contributed by atoms with van der Waals surface area (Å²) in [6.45, 7) is 4.52. The van der Waals surface area contributed by atoms with E-state index in [-0.39, 0.29) is 11.9 Å². The average Bonchev–Trinajstić information content (AvgIpc) is 3.05. The molecule has 1 saturated carbocycles. The van der Waals surface area contributed by atoms with Crippen molar-refractivity contribution in [2.75, 3.05) is 0 Å². The Morgan fingerprint density at radius 1 is 1.24 bits per heavy atom. The summed E-state index contributed by atoms with van der Waals surface area (Å²) in [5.41, 5.74) is 0.864. The third-order valence-electron chi connectivity index (χ3n) is 5.57. The van der Waals surface area contributed by atoms with Crippen molar-refractivity contribution in [2.45, 2.75) is 39.2 Å². The van der Waals surface area contributed by atoms with Gasteiger partial charge in [0.2, 0.25) is 0 Å². The van der Waals surface area contributed by atoms with Crippen molar-refractivity contribution >= 4 is 49.8 Å². The molecular formula is C20H21ClN2OS. The number of halogens is 1. The molecule has 1 aliphatic carbocycles. The highest BCUT2D eigenvalue weighted by molar-refractivity contribution is 7.21. The first-order chi connectivity index (χ1) is 12.0. The minimum atomic E-state index is 0.00676. The first-order valence-corrected chi connectivity index (χ1v) is 10.0. The fraction of sp³-hybridized carbons (Fsp3) is 0.400. The van der Waals surface area contributed by atoms with Crippen molar-refractivity contribution in [1.29, 1.82) is 0 Å². The molecule has 1 fully saturated rings. The number of nitrogens with one attached hydrogen (secondary N) is 1. The van der Waals surface area contributed by atoms with Crippen LogP contribution in [0.1, 0.15) is 42.8 Å². The highest BCUT2D eigenvalue weighted by Crippen LogP contribution is 2.36. The molecule has 4 rings (SSSR count). The van der Waals surface area contributed by atoms with Gasteiger partial charge in [0, 0.05) is 21.5 Å². The lowest BCUT2D eigenvalue weighted by Crippen LogP contribution is -2.43. The highest BCUT2D eigenvalue weighted by atomic mass is 35.5. The molecule has 0 radical (unpaired) electrons. The number of fused-ring (bicyclic) bond motifs is 3. The molecule has 1 aliphatic rings. The molecule has 1 amide bonds. The highest BCUT2D eigenvalue weighted by Gasteiger charge is 2.29. The third-order valence-corrected chi connectivity index (χ3v) is 7.02. The number of hydrogen-bond donors (Lipinski definition) is 1. The van der Waals surface area contributed by atoms with Crippen LogP contribution in [0.15, 0.2) is 30.3 Å². The number of carbonyl (C=O) groups excluding carboxylic acids is 1. The largest absolute Gasteiger partial charge is 0.348 e. The Hall–Kier alpha value is -1.65. The Morgan fingerprint density at radius 2 is 2.04 bits per heavy atom. The van der Waals surface area contributed by atoms with Gasteiger partial charge in [0.1, 0.15) is 5.15 Å². The predicted molar refractivity (Wildman–Crippen MR) is 106 cm³/mol. The van der Waals surface area contributed by atoms with Crippen LogP contribution in [0.5, 0.6) is 0 Å². The Morgan fingerprint density at radius 3 is 2.88 bits per heavy atom. The van der Waals surface area contributed by atoms with Crippen LogP contribution in [0.2, 0.25) is 5.15 Å². The molecular weight excluding hydrogens is 352 g/mol. The lowest BCUT2D eigenvalue weighted by atomic mass is 9.78. The Balaban J connectivity index is 1.68. The van der Waals surface area contributed by atoms with E-state index in [0.29, 0.717) is 21.9 Å². The van der Waals surface area contributed by atoms with Gasteiger partial charge in [0.25, 0.3) is 5.91 Å². The SMILES string of the molecule is C[C@H]1[C@H](C)CCC[C@H]1NC(=O)c1cc2c(Cl)nc3ccccc3c2s1. The molecule has 0 saturated heterocycles. The molecule has 2 aromatic heterocycles. The first kappa shape index (κ1) is 16.8. The average molecular weight is 373 g/mol. The molecule has 1 aromatic carbocycles. The van der Waals surface area contributed by atoms with Crippen LogP contribution in [0.3, 0.4) is 0 Å². The summed E-state index contributed by atoms with van der Waals surface area (Å²) in [6.07, 6.45) is 3.50. The van der Waals surface area contributed by atoms with Crippen LogP contribution in [0.25, 0.3) is 21.0 Å². The van der Waals surface area contributed by atoms with Gasteiger partial charge in [-0.15, -0.1) is 11.3 Å². The van der Waals surface area contributed by atoms with E-state index in [1.807, 2.05) is 30.3 Å². The van der Waals surface area contributed by atoms with Crippen LogP contribution in [0.4, 0.5) is 0 Å². The van der Waals surface area contributed by atoms with E-state index in [0.717, 1.165) is 27.4 Å². The molecule has 0 aliphatic heterocycles. The number of thiophene rings is 1. The van der Waals surface area contributed by atoms with Gasteiger partial charge >= 0.3 is 0 Å².